The number of rotatable bonds is 4. The molecule has 1 N–H and O–H groups in total. The molecule has 22 heavy (non-hydrogen) atoms. The van der Waals surface area contributed by atoms with E-state index in [0.29, 0.717) is 17.7 Å². The molecule has 1 aliphatic rings. The molecule has 2 aromatic carbocycles. The highest BCUT2D eigenvalue weighted by atomic mass is 16.5. The molecule has 4 heteroatoms. The Morgan fingerprint density at radius 3 is 2.05 bits per heavy atom. The van der Waals surface area contributed by atoms with Crippen LogP contribution in [-0.2, 0) is 15.1 Å². The summed E-state index contributed by atoms with van der Waals surface area (Å²) in [6.45, 7) is 0.865. The van der Waals surface area contributed by atoms with Gasteiger partial charge < -0.3 is 14.7 Å². The Kier molecular flexibility index (Phi) is 3.72. The monoisotopic (exact) mass is 297 g/mol. The van der Waals surface area contributed by atoms with Gasteiger partial charge in [0, 0.05) is 17.7 Å². The lowest BCUT2D eigenvalue weighted by atomic mass is 9.91. The van der Waals surface area contributed by atoms with Gasteiger partial charge in [-0.05, 0) is 25.2 Å². The maximum Gasteiger partial charge on any atom is 0.347 e. The van der Waals surface area contributed by atoms with Crippen molar-refractivity contribution < 1.29 is 14.6 Å². The molecule has 2 aromatic rings. The van der Waals surface area contributed by atoms with Gasteiger partial charge in [-0.2, -0.15) is 0 Å². The number of hydrogen-bond acceptors (Lipinski definition) is 4. The van der Waals surface area contributed by atoms with Crippen molar-refractivity contribution in [3.05, 3.63) is 59.7 Å². The van der Waals surface area contributed by atoms with E-state index in [9.17, 15) is 9.90 Å². The van der Waals surface area contributed by atoms with Crippen molar-refractivity contribution in [2.24, 2.45) is 0 Å². The number of esters is 1. The molecule has 0 fully saturated rings. The van der Waals surface area contributed by atoms with Crippen LogP contribution in [0.15, 0.2) is 48.5 Å². The van der Waals surface area contributed by atoms with Crippen molar-refractivity contribution in [3.8, 4) is 11.1 Å². The highest BCUT2D eigenvalue weighted by molar-refractivity contribution is 5.96. The van der Waals surface area contributed by atoms with Crippen LogP contribution in [0.5, 0.6) is 0 Å². The van der Waals surface area contributed by atoms with Gasteiger partial charge in [-0.3, -0.25) is 0 Å². The zero-order chi connectivity index (χ0) is 15.7. The van der Waals surface area contributed by atoms with Crippen LogP contribution in [0.2, 0.25) is 0 Å². The maximum atomic E-state index is 12.6. The van der Waals surface area contributed by atoms with Crippen molar-refractivity contribution in [1.29, 1.82) is 0 Å². The predicted octanol–water partition coefficient (Wildman–Crippen LogP) is 2.01. The molecule has 0 saturated carbocycles. The first-order valence-corrected chi connectivity index (χ1v) is 7.29. The number of carbonyl (C=O) groups is 1. The Labute approximate surface area is 130 Å². The average molecular weight is 297 g/mol. The van der Waals surface area contributed by atoms with E-state index in [1.54, 1.807) is 12.1 Å². The van der Waals surface area contributed by atoms with Crippen LogP contribution >= 0.6 is 0 Å². The number of likely N-dealkylation sites (N-methyl/N-ethyl adjacent to an activating group) is 1. The number of nitrogens with zero attached hydrogens (tertiary/aromatic N) is 1. The van der Waals surface area contributed by atoms with Crippen LogP contribution in [0.3, 0.4) is 0 Å². The average Bonchev–Trinajstić information content (AvgIpc) is 2.79. The van der Waals surface area contributed by atoms with Gasteiger partial charge in [0.2, 0.25) is 5.60 Å². The summed E-state index contributed by atoms with van der Waals surface area (Å²) in [5, 5.41) is 11.1. The summed E-state index contributed by atoms with van der Waals surface area (Å²) in [7, 11) is 3.81. The van der Waals surface area contributed by atoms with Crippen molar-refractivity contribution in [3.63, 3.8) is 0 Å². The Bertz CT molecular complexity index is 663. The molecule has 4 nitrogen and oxygen atoms in total. The number of carbonyl (C=O) groups excluding carboxylic acids is 1. The van der Waals surface area contributed by atoms with Gasteiger partial charge in [0.1, 0.15) is 6.61 Å². The molecule has 0 radical (unpaired) electrons. The van der Waals surface area contributed by atoms with Crippen molar-refractivity contribution in [2.75, 3.05) is 27.2 Å². The summed E-state index contributed by atoms with van der Waals surface area (Å²) in [4.78, 5) is 14.5. The minimum absolute atomic E-state index is 0.248. The highest BCUT2D eigenvalue weighted by Crippen LogP contribution is 2.47. The zero-order valence-corrected chi connectivity index (χ0v) is 12.7. The molecule has 0 heterocycles. The quantitative estimate of drug-likeness (QED) is 0.877. The fourth-order valence-electron chi connectivity index (χ4n) is 2.86. The molecule has 114 valence electrons. The van der Waals surface area contributed by atoms with Crippen LogP contribution in [0, 0.1) is 0 Å². The van der Waals surface area contributed by atoms with Gasteiger partial charge in [0.15, 0.2) is 0 Å². The third-order valence-electron chi connectivity index (χ3n) is 3.99. The molecule has 0 atom stereocenters. The summed E-state index contributed by atoms with van der Waals surface area (Å²) < 4.78 is 5.32. The van der Waals surface area contributed by atoms with E-state index in [0.717, 1.165) is 11.1 Å². The minimum atomic E-state index is -1.72. The predicted molar refractivity (Wildman–Crippen MR) is 84.4 cm³/mol. The van der Waals surface area contributed by atoms with Gasteiger partial charge in [-0.15, -0.1) is 0 Å². The number of benzene rings is 2. The molecular formula is C18H19NO3. The lowest BCUT2D eigenvalue weighted by molar-refractivity contribution is -0.162. The van der Waals surface area contributed by atoms with Gasteiger partial charge in [-0.25, -0.2) is 4.79 Å². The largest absolute Gasteiger partial charge is 0.462 e. The van der Waals surface area contributed by atoms with Crippen LogP contribution in [-0.4, -0.2) is 43.2 Å². The normalized spacial score (nSPS) is 14.5. The molecule has 0 saturated heterocycles. The number of aliphatic hydroxyl groups is 1. The van der Waals surface area contributed by atoms with Crippen LogP contribution in [0.25, 0.3) is 11.1 Å². The zero-order valence-electron chi connectivity index (χ0n) is 12.7. The number of fused-ring (bicyclic) bond motifs is 3. The smallest absolute Gasteiger partial charge is 0.347 e. The maximum absolute atomic E-state index is 12.6. The Morgan fingerprint density at radius 1 is 1.05 bits per heavy atom. The summed E-state index contributed by atoms with van der Waals surface area (Å²) in [6, 6.07) is 14.8. The highest BCUT2D eigenvalue weighted by Gasteiger charge is 2.48. The van der Waals surface area contributed by atoms with E-state index < -0.39 is 11.6 Å². The minimum Gasteiger partial charge on any atom is -0.462 e. The molecule has 1 aliphatic carbocycles. The van der Waals surface area contributed by atoms with Crippen molar-refractivity contribution in [2.45, 2.75) is 5.60 Å². The van der Waals surface area contributed by atoms with Crippen molar-refractivity contribution in [1.82, 2.24) is 4.90 Å². The van der Waals surface area contributed by atoms with Crippen LogP contribution < -0.4 is 0 Å². The Hall–Kier alpha value is -2.17. The standard InChI is InChI=1S/C18H19NO3/c1-19(2)11-12-22-17(20)18(21)15-9-5-3-7-13(15)14-8-4-6-10-16(14)18/h3-10,21H,11-12H2,1-2H3. The Morgan fingerprint density at radius 2 is 1.55 bits per heavy atom. The molecule has 0 bridgehead atoms. The van der Waals surface area contributed by atoms with E-state index >= 15 is 0 Å². The molecule has 0 aromatic heterocycles. The van der Waals surface area contributed by atoms with Crippen LogP contribution in [0.1, 0.15) is 11.1 Å². The molecular weight excluding hydrogens is 278 g/mol. The first kappa shape index (κ1) is 14.8. The van der Waals surface area contributed by atoms with E-state index in [2.05, 4.69) is 0 Å². The fourth-order valence-corrected chi connectivity index (χ4v) is 2.86. The Balaban J connectivity index is 2.00. The summed E-state index contributed by atoms with van der Waals surface area (Å²) in [5.74, 6) is -0.619. The summed E-state index contributed by atoms with van der Waals surface area (Å²) in [5.41, 5.74) is 1.21. The van der Waals surface area contributed by atoms with Crippen LogP contribution in [0.4, 0.5) is 0 Å². The number of ether oxygens (including phenoxy) is 1. The van der Waals surface area contributed by atoms with E-state index in [1.165, 1.54) is 0 Å². The first-order valence-electron chi connectivity index (χ1n) is 7.29. The third-order valence-corrected chi connectivity index (χ3v) is 3.99. The third kappa shape index (κ3) is 2.21. The SMILES string of the molecule is CN(C)CCOC(=O)C1(O)c2ccccc2-c2ccccc21. The number of hydrogen-bond donors (Lipinski definition) is 1. The van der Waals surface area contributed by atoms with Gasteiger partial charge >= 0.3 is 5.97 Å². The first-order chi connectivity index (χ1) is 10.5. The van der Waals surface area contributed by atoms with Gasteiger partial charge in [-0.1, -0.05) is 48.5 Å². The molecule has 0 unspecified atom stereocenters. The molecule has 3 rings (SSSR count). The summed E-state index contributed by atoms with van der Waals surface area (Å²) in [6.07, 6.45) is 0. The summed E-state index contributed by atoms with van der Waals surface area (Å²) >= 11 is 0. The molecule has 0 amide bonds. The van der Waals surface area contributed by atoms with Gasteiger partial charge in [0.25, 0.3) is 0 Å². The fraction of sp³-hybridized carbons (Fsp3) is 0.278. The molecule has 0 spiro atoms. The van der Waals surface area contributed by atoms with E-state index in [1.807, 2.05) is 55.4 Å². The lowest BCUT2D eigenvalue weighted by Crippen LogP contribution is -2.37. The topological polar surface area (TPSA) is 49.8 Å². The second-order valence-electron chi connectivity index (χ2n) is 5.74. The van der Waals surface area contributed by atoms with Crippen molar-refractivity contribution >= 4 is 5.97 Å². The second kappa shape index (κ2) is 5.55. The second-order valence-corrected chi connectivity index (χ2v) is 5.74. The molecule has 0 aliphatic heterocycles. The van der Waals surface area contributed by atoms with E-state index in [-0.39, 0.29) is 6.61 Å². The van der Waals surface area contributed by atoms with E-state index in [4.69, 9.17) is 4.74 Å². The van der Waals surface area contributed by atoms with Gasteiger partial charge in [0.05, 0.1) is 0 Å². The lowest BCUT2D eigenvalue weighted by Gasteiger charge is -2.24.